The maximum Gasteiger partial charge on any atom is 0.264 e. The third kappa shape index (κ3) is 5.86. The zero-order chi connectivity index (χ0) is 29.9. The van der Waals surface area contributed by atoms with Crippen molar-refractivity contribution < 1.29 is 13.2 Å². The van der Waals surface area contributed by atoms with Crippen molar-refractivity contribution in [1.29, 1.82) is 5.41 Å². The molecule has 1 aliphatic rings. The number of anilines is 1. The van der Waals surface area contributed by atoms with E-state index in [-0.39, 0.29) is 10.7 Å². The Balaban J connectivity index is 1.47. The lowest BCUT2D eigenvalue weighted by Gasteiger charge is -2.27. The normalized spacial score (nSPS) is 13.2. The van der Waals surface area contributed by atoms with E-state index in [0.717, 1.165) is 27.6 Å². The molecular weight excluding hydrogens is 550 g/mol. The zero-order valence-corrected chi connectivity index (χ0v) is 24.1. The molecule has 42 heavy (non-hydrogen) atoms. The maximum atomic E-state index is 13.9. The fraction of sp³-hybridized carbons (Fsp3) is 0.161. The van der Waals surface area contributed by atoms with Crippen molar-refractivity contribution in [2.45, 2.75) is 24.7 Å². The molecule has 0 aliphatic carbocycles. The number of nitrogen functional groups attached to an aromatic ring is 1. The standard InChI is InChI=1S/C31H31N7O3S/c1-22-20-34-17-6-18-37(22)30(39)21-38(42(40,41)26-7-4-3-5-8-26)25-14-15-28-27(19-25)35-29(36(28)2)16-11-23-9-12-24(13-10-23)31(32)33/h3-10,12-15,17-20H,11,16,21H2,1-2H3,(H3,32,33). The van der Waals surface area contributed by atoms with Gasteiger partial charge in [0.25, 0.3) is 15.9 Å². The van der Waals surface area contributed by atoms with E-state index in [4.69, 9.17) is 16.1 Å². The number of allylic oxidation sites excluding steroid dienone is 2. The first-order valence-corrected chi connectivity index (χ1v) is 14.7. The van der Waals surface area contributed by atoms with Gasteiger partial charge in [0.15, 0.2) is 0 Å². The first kappa shape index (κ1) is 28.5. The molecule has 214 valence electrons. The largest absolute Gasteiger partial charge is 0.384 e. The van der Waals surface area contributed by atoms with Crippen molar-refractivity contribution in [2.75, 3.05) is 10.8 Å². The summed E-state index contributed by atoms with van der Waals surface area (Å²) < 4.78 is 30.9. The Bertz CT molecular complexity index is 1840. The molecule has 0 fully saturated rings. The third-order valence-electron chi connectivity index (χ3n) is 7.07. The van der Waals surface area contributed by atoms with Gasteiger partial charge in [0.1, 0.15) is 18.2 Å². The number of carbonyl (C=O) groups is 1. The van der Waals surface area contributed by atoms with Gasteiger partial charge >= 0.3 is 0 Å². The summed E-state index contributed by atoms with van der Waals surface area (Å²) >= 11 is 0. The molecule has 0 atom stereocenters. The van der Waals surface area contributed by atoms with Gasteiger partial charge in [-0.15, -0.1) is 0 Å². The lowest BCUT2D eigenvalue weighted by atomic mass is 10.1. The molecule has 0 spiro atoms. The van der Waals surface area contributed by atoms with Gasteiger partial charge in [-0.1, -0.05) is 42.5 Å². The third-order valence-corrected chi connectivity index (χ3v) is 8.86. The summed E-state index contributed by atoms with van der Waals surface area (Å²) in [4.78, 5) is 23.8. The fourth-order valence-electron chi connectivity index (χ4n) is 4.74. The molecule has 1 aliphatic heterocycles. The second kappa shape index (κ2) is 11.8. The first-order chi connectivity index (χ1) is 20.1. The Kier molecular flexibility index (Phi) is 8.03. The summed E-state index contributed by atoms with van der Waals surface area (Å²) in [6.45, 7) is 1.31. The number of sulfonamides is 1. The Morgan fingerprint density at radius 1 is 1.02 bits per heavy atom. The van der Waals surface area contributed by atoms with E-state index in [2.05, 4.69) is 4.99 Å². The number of imidazole rings is 1. The van der Waals surface area contributed by atoms with Crippen LogP contribution in [0.1, 0.15) is 23.9 Å². The number of hydrogen-bond donors (Lipinski definition) is 2. The van der Waals surface area contributed by atoms with Gasteiger partial charge in [-0.05, 0) is 55.3 Å². The van der Waals surface area contributed by atoms with Crippen molar-refractivity contribution in [3.63, 3.8) is 0 Å². The molecular formula is C31H31N7O3S. The van der Waals surface area contributed by atoms with Crippen molar-refractivity contribution >= 4 is 44.7 Å². The van der Waals surface area contributed by atoms with Crippen LogP contribution in [0.3, 0.4) is 0 Å². The zero-order valence-electron chi connectivity index (χ0n) is 23.3. The summed E-state index contributed by atoms with van der Waals surface area (Å²) in [6, 6.07) is 20.8. The molecule has 10 nitrogen and oxygen atoms in total. The Hall–Kier alpha value is -5.03. The predicted octanol–water partition coefficient (Wildman–Crippen LogP) is 4.13. The van der Waals surface area contributed by atoms with Crippen LogP contribution < -0.4 is 10.0 Å². The number of fused-ring (bicyclic) bond motifs is 1. The Morgan fingerprint density at radius 2 is 1.76 bits per heavy atom. The topological polar surface area (TPSA) is 138 Å². The number of aromatic nitrogens is 2. The van der Waals surface area contributed by atoms with Crippen LogP contribution in [0.15, 0.2) is 107 Å². The highest BCUT2D eigenvalue weighted by Crippen LogP contribution is 2.28. The minimum absolute atomic E-state index is 0.0289. The van der Waals surface area contributed by atoms with Crippen LogP contribution in [0, 0.1) is 5.41 Å². The van der Waals surface area contributed by atoms with Crippen molar-refractivity contribution in [3.05, 3.63) is 114 Å². The number of amidine groups is 1. The van der Waals surface area contributed by atoms with Crippen molar-refractivity contribution in [2.24, 2.45) is 17.8 Å². The van der Waals surface area contributed by atoms with Gasteiger partial charge in [-0.2, -0.15) is 0 Å². The van der Waals surface area contributed by atoms with Crippen LogP contribution in [0.2, 0.25) is 0 Å². The van der Waals surface area contributed by atoms with Gasteiger partial charge in [0, 0.05) is 43.3 Å². The van der Waals surface area contributed by atoms with Crippen molar-refractivity contribution in [1.82, 2.24) is 14.5 Å². The van der Waals surface area contributed by atoms with Gasteiger partial charge in [-0.25, -0.2) is 13.4 Å². The van der Waals surface area contributed by atoms with Crippen LogP contribution in [0.25, 0.3) is 11.0 Å². The number of hydrogen-bond acceptors (Lipinski definition) is 6. The van der Waals surface area contributed by atoms with Crippen LogP contribution >= 0.6 is 0 Å². The molecule has 0 saturated heterocycles. The van der Waals surface area contributed by atoms with Crippen LogP contribution in [-0.4, -0.2) is 47.4 Å². The fourth-order valence-corrected chi connectivity index (χ4v) is 6.17. The van der Waals surface area contributed by atoms with E-state index in [1.165, 1.54) is 17.0 Å². The summed E-state index contributed by atoms with van der Waals surface area (Å²) in [5.41, 5.74) is 9.69. The van der Waals surface area contributed by atoms with E-state index in [1.54, 1.807) is 61.9 Å². The molecule has 1 amide bonds. The van der Waals surface area contributed by atoms with Gasteiger partial charge in [0.05, 0.1) is 21.6 Å². The molecule has 11 heteroatoms. The number of aliphatic imine (C=N–C) groups is 1. The highest BCUT2D eigenvalue weighted by Gasteiger charge is 2.29. The molecule has 4 aromatic rings. The molecule has 3 N–H and O–H groups in total. The van der Waals surface area contributed by atoms with Gasteiger partial charge < -0.3 is 10.3 Å². The number of benzene rings is 3. The van der Waals surface area contributed by atoms with Crippen molar-refractivity contribution in [3.8, 4) is 0 Å². The van der Waals surface area contributed by atoms with Crippen LogP contribution in [0.5, 0.6) is 0 Å². The quantitative estimate of drug-likeness (QED) is 0.226. The summed E-state index contributed by atoms with van der Waals surface area (Å²) in [7, 11) is -2.17. The number of carbonyl (C=O) groups excluding carboxylic acids is 1. The minimum Gasteiger partial charge on any atom is -0.384 e. The van der Waals surface area contributed by atoms with Crippen LogP contribution in [-0.2, 0) is 34.7 Å². The number of aryl methyl sites for hydroxylation is 3. The van der Waals surface area contributed by atoms with E-state index < -0.39 is 22.5 Å². The molecule has 3 aromatic carbocycles. The van der Waals surface area contributed by atoms with E-state index in [1.807, 2.05) is 41.9 Å². The maximum absolute atomic E-state index is 13.9. The number of nitrogens with two attached hydrogens (primary N) is 1. The molecule has 0 radical (unpaired) electrons. The summed E-state index contributed by atoms with van der Waals surface area (Å²) in [5.74, 6) is 0.436. The molecule has 0 saturated carbocycles. The second-order valence-electron chi connectivity index (χ2n) is 9.87. The van der Waals surface area contributed by atoms with E-state index in [9.17, 15) is 13.2 Å². The van der Waals surface area contributed by atoms with Gasteiger partial charge in [-0.3, -0.25) is 24.4 Å². The van der Waals surface area contributed by atoms with Gasteiger partial charge in [0.2, 0.25) is 0 Å². The molecule has 2 heterocycles. The smallest absolute Gasteiger partial charge is 0.264 e. The van der Waals surface area contributed by atoms with E-state index >= 15 is 0 Å². The second-order valence-corrected chi connectivity index (χ2v) is 11.7. The molecule has 1 aromatic heterocycles. The number of nitrogens with one attached hydrogen (secondary N) is 1. The average molecular weight is 582 g/mol. The summed E-state index contributed by atoms with van der Waals surface area (Å²) in [5, 5.41) is 7.57. The molecule has 0 unspecified atom stereocenters. The van der Waals surface area contributed by atoms with E-state index in [0.29, 0.717) is 28.9 Å². The Labute approximate surface area is 244 Å². The lowest BCUT2D eigenvalue weighted by molar-refractivity contribution is -0.125. The lowest BCUT2D eigenvalue weighted by Crippen LogP contribution is -2.40. The number of nitrogens with zero attached hydrogens (tertiary/aromatic N) is 5. The average Bonchev–Trinajstić information content (AvgIpc) is 3.14. The Morgan fingerprint density at radius 3 is 2.48 bits per heavy atom. The van der Waals surface area contributed by atoms with Crippen LogP contribution in [0.4, 0.5) is 5.69 Å². The SMILES string of the molecule is CC1=CN=CC=CN1C(=O)CN(c1ccc2c(c1)nc(CCc1ccc(C(=N)N)cc1)n2C)S(=O)(=O)c1ccccc1. The summed E-state index contributed by atoms with van der Waals surface area (Å²) in [6.07, 6.45) is 7.68. The predicted molar refractivity (Wildman–Crippen MR) is 165 cm³/mol. The first-order valence-electron chi connectivity index (χ1n) is 13.3. The number of amides is 1. The number of rotatable bonds is 9. The minimum atomic E-state index is -4.09. The molecule has 0 bridgehead atoms. The molecule has 5 rings (SSSR count). The monoisotopic (exact) mass is 581 g/mol. The highest BCUT2D eigenvalue weighted by molar-refractivity contribution is 7.92. The highest BCUT2D eigenvalue weighted by atomic mass is 32.2.